The van der Waals surface area contributed by atoms with Gasteiger partial charge < -0.3 is 14.4 Å². The predicted octanol–water partition coefficient (Wildman–Crippen LogP) is 3.28. The molecule has 0 aliphatic carbocycles. The second-order valence-corrected chi connectivity index (χ2v) is 8.94. The molecule has 0 unspecified atom stereocenters. The Kier molecular flexibility index (Phi) is 7.32. The Morgan fingerprint density at radius 1 is 0.943 bits per heavy atom. The number of hydrogen-bond donors (Lipinski definition) is 0. The average Bonchev–Trinajstić information content (AvgIpc) is 3.42. The van der Waals surface area contributed by atoms with Crippen molar-refractivity contribution in [2.45, 2.75) is 13.8 Å². The van der Waals surface area contributed by atoms with Gasteiger partial charge in [-0.15, -0.1) is 0 Å². The molecule has 2 heterocycles. The van der Waals surface area contributed by atoms with Crippen LogP contribution in [0.2, 0.25) is 0 Å². The lowest BCUT2D eigenvalue weighted by atomic mass is 10.1. The van der Waals surface area contributed by atoms with Crippen LogP contribution in [0.25, 0.3) is 10.2 Å². The zero-order valence-corrected chi connectivity index (χ0v) is 21.1. The molecule has 3 aromatic rings. The minimum absolute atomic E-state index is 0.314. The molecular formula is C25H28N4O5S. The molecule has 1 aliphatic rings. The number of anilines is 1. The Hall–Kier alpha value is -3.50. The van der Waals surface area contributed by atoms with Crippen LogP contribution in [0.5, 0.6) is 11.5 Å². The van der Waals surface area contributed by atoms with Crippen LogP contribution in [0, 0.1) is 0 Å². The van der Waals surface area contributed by atoms with Crippen molar-refractivity contribution in [1.82, 2.24) is 14.8 Å². The number of carbonyl (C=O) groups excluding carboxylic acids is 3. The third-order valence-corrected chi connectivity index (χ3v) is 7.23. The number of likely N-dealkylation sites (N-methyl/N-ethyl adjacent to an activating group) is 1. The van der Waals surface area contributed by atoms with E-state index < -0.39 is 11.8 Å². The van der Waals surface area contributed by atoms with Gasteiger partial charge in [-0.25, -0.2) is 4.98 Å². The van der Waals surface area contributed by atoms with Crippen LogP contribution in [-0.4, -0.2) is 79.4 Å². The van der Waals surface area contributed by atoms with Crippen molar-refractivity contribution in [2.75, 3.05) is 51.8 Å². The third kappa shape index (κ3) is 4.59. The number of carbonyl (C=O) groups is 3. The van der Waals surface area contributed by atoms with Crippen molar-refractivity contribution in [3.63, 3.8) is 0 Å². The monoisotopic (exact) mass is 496 g/mol. The number of thiazole rings is 1. The highest BCUT2D eigenvalue weighted by Crippen LogP contribution is 2.40. The number of hydrogen-bond acceptors (Lipinski definition) is 8. The van der Waals surface area contributed by atoms with Gasteiger partial charge in [0.25, 0.3) is 11.8 Å². The van der Waals surface area contributed by atoms with E-state index in [9.17, 15) is 14.4 Å². The number of ether oxygens (including phenoxy) is 2. The van der Waals surface area contributed by atoms with Crippen LogP contribution in [-0.2, 0) is 4.79 Å². The number of fused-ring (bicyclic) bond motifs is 2. The molecule has 4 rings (SSSR count). The van der Waals surface area contributed by atoms with Crippen LogP contribution in [0.4, 0.5) is 5.13 Å². The van der Waals surface area contributed by atoms with E-state index >= 15 is 0 Å². The van der Waals surface area contributed by atoms with E-state index in [1.54, 1.807) is 55.5 Å². The van der Waals surface area contributed by atoms with Gasteiger partial charge in [-0.05, 0) is 37.4 Å². The van der Waals surface area contributed by atoms with Crippen molar-refractivity contribution in [3.05, 3.63) is 47.5 Å². The Labute approximate surface area is 207 Å². The molecule has 3 amide bonds. The van der Waals surface area contributed by atoms with Crippen LogP contribution in [0.1, 0.15) is 34.6 Å². The molecule has 10 heteroatoms. The normalized spacial score (nSPS) is 13.0. The Bertz CT molecular complexity index is 1190. The highest BCUT2D eigenvalue weighted by atomic mass is 32.1. The summed E-state index contributed by atoms with van der Waals surface area (Å²) in [4.78, 5) is 48.7. The number of imide groups is 1. The number of benzene rings is 2. The molecule has 0 N–H and O–H groups in total. The second-order valence-electron chi connectivity index (χ2n) is 7.96. The minimum atomic E-state index is -0.463. The molecule has 184 valence electrons. The molecule has 35 heavy (non-hydrogen) atoms. The largest absolute Gasteiger partial charge is 0.495 e. The molecule has 1 aromatic heterocycles. The Balaban J connectivity index is 1.68. The number of amides is 3. The highest BCUT2D eigenvalue weighted by Gasteiger charge is 2.37. The fourth-order valence-electron chi connectivity index (χ4n) is 4.10. The molecule has 0 saturated carbocycles. The van der Waals surface area contributed by atoms with Crippen molar-refractivity contribution >= 4 is 44.4 Å². The maximum absolute atomic E-state index is 13.6. The van der Waals surface area contributed by atoms with E-state index in [-0.39, 0.29) is 12.5 Å². The summed E-state index contributed by atoms with van der Waals surface area (Å²) >= 11 is 1.31. The summed E-state index contributed by atoms with van der Waals surface area (Å²) in [6, 6.07) is 10.2. The SMILES string of the molecule is CCN(CC)CCN(C(=O)CN1C(=O)c2ccccc2C1=O)c1nc2c(OC)ccc(OC)c2s1. The fourth-order valence-corrected chi connectivity index (χ4v) is 5.22. The maximum Gasteiger partial charge on any atom is 0.262 e. The van der Waals surface area contributed by atoms with Gasteiger partial charge in [-0.3, -0.25) is 24.2 Å². The van der Waals surface area contributed by atoms with E-state index in [4.69, 9.17) is 14.5 Å². The molecule has 0 saturated heterocycles. The van der Waals surface area contributed by atoms with Gasteiger partial charge in [0, 0.05) is 13.1 Å². The topological polar surface area (TPSA) is 92.3 Å². The van der Waals surface area contributed by atoms with Crippen LogP contribution in [0.3, 0.4) is 0 Å². The minimum Gasteiger partial charge on any atom is -0.495 e. The maximum atomic E-state index is 13.6. The lowest BCUT2D eigenvalue weighted by Crippen LogP contribution is -2.45. The molecule has 2 aromatic carbocycles. The standard InChI is InChI=1S/C25H28N4O5S/c1-5-27(6-2)13-14-28(25-26-21-18(33-3)11-12-19(34-4)22(21)35-25)20(30)15-29-23(31)16-9-7-8-10-17(16)24(29)32/h7-12H,5-6,13-15H2,1-4H3. The number of aromatic nitrogens is 1. The summed E-state index contributed by atoms with van der Waals surface area (Å²) in [7, 11) is 3.14. The lowest BCUT2D eigenvalue weighted by Gasteiger charge is -2.26. The summed E-state index contributed by atoms with van der Waals surface area (Å²) in [6.07, 6.45) is 0. The number of nitrogens with zero attached hydrogens (tertiary/aromatic N) is 4. The highest BCUT2D eigenvalue weighted by molar-refractivity contribution is 7.22. The van der Waals surface area contributed by atoms with Crippen LogP contribution < -0.4 is 14.4 Å². The summed E-state index contributed by atoms with van der Waals surface area (Å²) < 4.78 is 11.7. The third-order valence-electron chi connectivity index (χ3n) is 6.14. The van der Waals surface area contributed by atoms with E-state index in [1.807, 2.05) is 0 Å². The van der Waals surface area contributed by atoms with E-state index in [0.29, 0.717) is 46.4 Å². The number of methoxy groups -OCH3 is 2. The zero-order chi connectivity index (χ0) is 25.1. The first kappa shape index (κ1) is 24.6. The molecular weight excluding hydrogens is 468 g/mol. The second kappa shape index (κ2) is 10.4. The van der Waals surface area contributed by atoms with Gasteiger partial charge in [-0.1, -0.05) is 37.3 Å². The summed E-state index contributed by atoms with van der Waals surface area (Å²) in [5.41, 5.74) is 1.22. The first-order valence-electron chi connectivity index (χ1n) is 11.4. The Morgan fingerprint density at radius 2 is 1.54 bits per heavy atom. The first-order chi connectivity index (χ1) is 16.9. The summed E-state index contributed by atoms with van der Waals surface area (Å²) in [5.74, 6) is -0.116. The smallest absolute Gasteiger partial charge is 0.262 e. The molecule has 0 fully saturated rings. The van der Waals surface area contributed by atoms with Crippen molar-refractivity contribution in [1.29, 1.82) is 0 Å². The number of rotatable bonds is 10. The summed E-state index contributed by atoms with van der Waals surface area (Å²) in [5, 5.41) is 0.455. The van der Waals surface area contributed by atoms with Crippen molar-refractivity contribution in [2.24, 2.45) is 0 Å². The van der Waals surface area contributed by atoms with Crippen molar-refractivity contribution in [3.8, 4) is 11.5 Å². The molecule has 0 spiro atoms. The molecule has 0 bridgehead atoms. The quantitative estimate of drug-likeness (QED) is 0.398. The zero-order valence-electron chi connectivity index (χ0n) is 20.2. The van der Waals surface area contributed by atoms with Crippen molar-refractivity contribution < 1.29 is 23.9 Å². The van der Waals surface area contributed by atoms with E-state index in [1.165, 1.54) is 11.3 Å². The van der Waals surface area contributed by atoms with Gasteiger partial charge in [0.15, 0.2) is 5.13 Å². The summed E-state index contributed by atoms with van der Waals surface area (Å²) in [6.45, 7) is 6.38. The van der Waals surface area contributed by atoms with Gasteiger partial charge >= 0.3 is 0 Å². The molecule has 0 atom stereocenters. The van der Waals surface area contributed by atoms with Gasteiger partial charge in [-0.2, -0.15) is 0 Å². The first-order valence-corrected chi connectivity index (χ1v) is 12.2. The van der Waals surface area contributed by atoms with Gasteiger partial charge in [0.1, 0.15) is 28.3 Å². The fraction of sp³-hybridized carbons (Fsp3) is 0.360. The lowest BCUT2D eigenvalue weighted by molar-refractivity contribution is -0.119. The molecule has 9 nitrogen and oxygen atoms in total. The van der Waals surface area contributed by atoms with Gasteiger partial charge in [0.05, 0.1) is 25.3 Å². The van der Waals surface area contributed by atoms with Gasteiger partial charge in [0.2, 0.25) is 5.91 Å². The van der Waals surface area contributed by atoms with E-state index in [0.717, 1.165) is 22.7 Å². The predicted molar refractivity (Wildman–Crippen MR) is 135 cm³/mol. The van der Waals surface area contributed by atoms with Crippen LogP contribution >= 0.6 is 11.3 Å². The molecule has 1 aliphatic heterocycles. The Morgan fingerprint density at radius 3 is 2.11 bits per heavy atom. The molecule has 0 radical (unpaired) electrons. The average molecular weight is 497 g/mol. The van der Waals surface area contributed by atoms with E-state index in [2.05, 4.69) is 18.7 Å². The van der Waals surface area contributed by atoms with Crippen LogP contribution in [0.15, 0.2) is 36.4 Å².